The minimum absolute atomic E-state index is 0.0454. The fourth-order valence-electron chi connectivity index (χ4n) is 4.36. The molecule has 2 N–H and O–H groups in total. The SMILES string of the molecule is Cc1oc(-c2ccc(Cl)cc2)nc1CSc1nc(N)c(C#N)c(-c2ccc(OC[C@H]3COC(C)(C)O3)cc2)c1C#N. The zero-order valence-corrected chi connectivity index (χ0v) is 24.2. The molecule has 208 valence electrons. The zero-order valence-electron chi connectivity index (χ0n) is 22.6. The van der Waals surface area contributed by atoms with E-state index in [-0.39, 0.29) is 23.0 Å². The van der Waals surface area contributed by atoms with E-state index >= 15 is 0 Å². The van der Waals surface area contributed by atoms with Crippen LogP contribution in [-0.4, -0.2) is 35.1 Å². The molecule has 1 atom stereocenters. The summed E-state index contributed by atoms with van der Waals surface area (Å²) in [4.78, 5) is 9.02. The summed E-state index contributed by atoms with van der Waals surface area (Å²) in [5.41, 5.74) is 9.17. The molecular weight excluding hydrogens is 562 g/mol. The third-order valence-electron chi connectivity index (χ3n) is 6.39. The maximum atomic E-state index is 10.2. The molecule has 5 rings (SSSR count). The van der Waals surface area contributed by atoms with Gasteiger partial charge < -0.3 is 24.4 Å². The van der Waals surface area contributed by atoms with Gasteiger partial charge in [0.2, 0.25) is 5.89 Å². The summed E-state index contributed by atoms with van der Waals surface area (Å²) in [6, 6.07) is 18.7. The minimum atomic E-state index is -0.623. The molecule has 0 bridgehead atoms. The van der Waals surface area contributed by atoms with Crippen molar-refractivity contribution in [1.29, 1.82) is 10.5 Å². The topological polar surface area (TPSA) is 140 Å². The van der Waals surface area contributed by atoms with Gasteiger partial charge in [-0.25, -0.2) is 9.97 Å². The number of aryl methyl sites for hydroxylation is 1. The Morgan fingerprint density at radius 2 is 1.73 bits per heavy atom. The van der Waals surface area contributed by atoms with Crippen molar-refractivity contribution in [2.24, 2.45) is 0 Å². The Hall–Kier alpha value is -4.06. The predicted octanol–water partition coefficient (Wildman–Crippen LogP) is 6.51. The average molecular weight is 588 g/mol. The third kappa shape index (κ3) is 6.32. The van der Waals surface area contributed by atoms with Gasteiger partial charge in [0.1, 0.15) is 52.8 Å². The normalized spacial score (nSPS) is 15.8. The van der Waals surface area contributed by atoms with E-state index in [9.17, 15) is 10.5 Å². The second-order valence-electron chi connectivity index (χ2n) is 9.75. The van der Waals surface area contributed by atoms with E-state index in [1.807, 2.05) is 32.9 Å². The number of hydrogen-bond acceptors (Lipinski definition) is 10. The lowest BCUT2D eigenvalue weighted by Gasteiger charge is -2.17. The number of oxazole rings is 1. The monoisotopic (exact) mass is 587 g/mol. The number of nitrogens with zero attached hydrogens (tertiary/aromatic N) is 4. The van der Waals surface area contributed by atoms with Crippen molar-refractivity contribution in [3.05, 3.63) is 76.1 Å². The van der Waals surface area contributed by atoms with E-state index in [0.717, 1.165) is 5.56 Å². The molecule has 1 saturated heterocycles. The molecule has 0 amide bonds. The van der Waals surface area contributed by atoms with Crippen molar-refractivity contribution >= 4 is 29.2 Å². The van der Waals surface area contributed by atoms with E-state index in [4.69, 9.17) is 36.0 Å². The molecule has 0 saturated carbocycles. The van der Waals surface area contributed by atoms with Crippen LogP contribution in [0.5, 0.6) is 5.75 Å². The fraction of sp³-hybridized carbons (Fsp3) is 0.267. The number of thioether (sulfide) groups is 1. The van der Waals surface area contributed by atoms with Gasteiger partial charge in [0.05, 0.1) is 17.9 Å². The van der Waals surface area contributed by atoms with Gasteiger partial charge in [-0.1, -0.05) is 35.5 Å². The van der Waals surface area contributed by atoms with Gasteiger partial charge in [0.15, 0.2) is 5.79 Å². The highest BCUT2D eigenvalue weighted by molar-refractivity contribution is 7.98. The molecule has 11 heteroatoms. The molecule has 2 aromatic carbocycles. The molecule has 9 nitrogen and oxygen atoms in total. The molecule has 0 aliphatic carbocycles. The first-order chi connectivity index (χ1) is 19.7. The number of nitrogens with two attached hydrogens (primary N) is 1. The number of ether oxygens (including phenoxy) is 3. The van der Waals surface area contributed by atoms with Crippen LogP contribution in [0.15, 0.2) is 58.0 Å². The van der Waals surface area contributed by atoms with Gasteiger partial charge in [-0.2, -0.15) is 10.5 Å². The third-order valence-corrected chi connectivity index (χ3v) is 7.63. The summed E-state index contributed by atoms with van der Waals surface area (Å²) in [5.74, 6) is 1.55. The second-order valence-corrected chi connectivity index (χ2v) is 11.2. The zero-order chi connectivity index (χ0) is 29.1. The van der Waals surface area contributed by atoms with Crippen LogP contribution < -0.4 is 10.5 Å². The lowest BCUT2D eigenvalue weighted by molar-refractivity contribution is -0.141. The largest absolute Gasteiger partial charge is 0.491 e. The Morgan fingerprint density at radius 3 is 2.37 bits per heavy atom. The molecule has 1 aliphatic rings. The number of nitriles is 2. The molecule has 4 aromatic rings. The van der Waals surface area contributed by atoms with Crippen LogP contribution in [-0.2, 0) is 15.2 Å². The maximum absolute atomic E-state index is 10.2. The minimum Gasteiger partial charge on any atom is -0.491 e. The maximum Gasteiger partial charge on any atom is 0.226 e. The number of hydrogen-bond donors (Lipinski definition) is 1. The number of anilines is 1. The summed E-state index contributed by atoms with van der Waals surface area (Å²) in [6.45, 7) is 6.34. The Kier molecular flexibility index (Phi) is 8.20. The van der Waals surface area contributed by atoms with Crippen molar-refractivity contribution in [3.8, 4) is 40.5 Å². The standard InChI is InChI=1S/C30H26ClN5O4S/c1-17-25(35-28(39-17)19-4-8-20(31)9-5-19)16-41-29-24(13-33)26(23(12-32)27(34)36-29)18-6-10-21(11-7-18)37-14-22-15-38-30(2,3)40-22/h4-11,22H,14-16H2,1-3H3,(H2,34,36)/t22-/m0/s1. The second kappa shape index (κ2) is 11.8. The van der Waals surface area contributed by atoms with E-state index in [1.165, 1.54) is 11.8 Å². The van der Waals surface area contributed by atoms with Crippen molar-refractivity contribution in [3.63, 3.8) is 0 Å². The van der Waals surface area contributed by atoms with E-state index in [0.29, 0.717) is 63.2 Å². The first kappa shape index (κ1) is 28.5. The van der Waals surface area contributed by atoms with Crippen LogP contribution in [0, 0.1) is 29.6 Å². The van der Waals surface area contributed by atoms with Gasteiger partial charge >= 0.3 is 0 Å². The van der Waals surface area contributed by atoms with Gasteiger partial charge in [0.25, 0.3) is 0 Å². The number of pyridine rings is 1. The first-order valence-corrected chi connectivity index (χ1v) is 14.1. The smallest absolute Gasteiger partial charge is 0.226 e. The fourth-order valence-corrected chi connectivity index (χ4v) is 5.48. The molecule has 3 heterocycles. The van der Waals surface area contributed by atoms with Gasteiger partial charge in [0, 0.05) is 21.9 Å². The summed E-state index contributed by atoms with van der Waals surface area (Å²) < 4.78 is 23.1. The molecule has 0 unspecified atom stereocenters. The van der Waals surface area contributed by atoms with Crippen molar-refractivity contribution in [2.75, 3.05) is 18.9 Å². The van der Waals surface area contributed by atoms with Crippen molar-refractivity contribution < 1.29 is 18.6 Å². The van der Waals surface area contributed by atoms with Crippen molar-refractivity contribution in [1.82, 2.24) is 9.97 Å². The Labute approximate surface area is 246 Å². The highest BCUT2D eigenvalue weighted by Crippen LogP contribution is 2.38. The van der Waals surface area contributed by atoms with Crippen LogP contribution in [0.4, 0.5) is 5.82 Å². The van der Waals surface area contributed by atoms with Crippen LogP contribution in [0.25, 0.3) is 22.6 Å². The number of benzene rings is 2. The average Bonchev–Trinajstić information content (AvgIpc) is 3.51. The van der Waals surface area contributed by atoms with Crippen LogP contribution in [0.3, 0.4) is 0 Å². The summed E-state index contributed by atoms with van der Waals surface area (Å²) in [5, 5.41) is 21.1. The summed E-state index contributed by atoms with van der Waals surface area (Å²) in [6.07, 6.45) is -0.171. The summed E-state index contributed by atoms with van der Waals surface area (Å²) in [7, 11) is 0. The molecule has 41 heavy (non-hydrogen) atoms. The molecular formula is C30H26ClN5O4S. The Morgan fingerprint density at radius 1 is 1.05 bits per heavy atom. The number of nitrogen functional groups attached to an aromatic ring is 1. The van der Waals surface area contributed by atoms with E-state index < -0.39 is 5.79 Å². The number of rotatable bonds is 8. The van der Waals surface area contributed by atoms with Gasteiger partial charge in [-0.3, -0.25) is 0 Å². The van der Waals surface area contributed by atoms with Gasteiger partial charge in [-0.05, 0) is 62.7 Å². The first-order valence-electron chi connectivity index (χ1n) is 12.7. The van der Waals surface area contributed by atoms with Gasteiger partial charge in [-0.15, -0.1) is 0 Å². The molecule has 0 spiro atoms. The molecule has 2 aromatic heterocycles. The molecule has 0 radical (unpaired) electrons. The van der Waals surface area contributed by atoms with Crippen LogP contribution in [0.1, 0.15) is 36.4 Å². The molecule has 1 aliphatic heterocycles. The Balaban J connectivity index is 1.37. The highest BCUT2D eigenvalue weighted by Gasteiger charge is 2.33. The lowest BCUT2D eigenvalue weighted by atomic mass is 9.97. The number of halogens is 1. The Bertz CT molecular complexity index is 1660. The van der Waals surface area contributed by atoms with Crippen LogP contribution >= 0.6 is 23.4 Å². The highest BCUT2D eigenvalue weighted by atomic mass is 35.5. The van der Waals surface area contributed by atoms with Crippen LogP contribution in [0.2, 0.25) is 5.02 Å². The predicted molar refractivity (Wildman–Crippen MR) is 155 cm³/mol. The number of aromatic nitrogens is 2. The quantitative estimate of drug-likeness (QED) is 0.227. The van der Waals surface area contributed by atoms with E-state index in [1.54, 1.807) is 36.4 Å². The van der Waals surface area contributed by atoms with E-state index in [2.05, 4.69) is 22.1 Å². The molecule has 1 fully saturated rings. The van der Waals surface area contributed by atoms with Crippen molar-refractivity contribution in [2.45, 2.75) is 43.4 Å². The summed E-state index contributed by atoms with van der Waals surface area (Å²) >= 11 is 7.29. The lowest BCUT2D eigenvalue weighted by Crippen LogP contribution is -2.25.